The number of carbonyl (C=O) groups is 1. The SMILES string of the molecule is O=C(NCC(c1ccc2c(c1)OCO2)N1CCOCC1)NC1CCOCC1. The number of fused-ring (bicyclic) bond motifs is 1. The van der Waals surface area contributed by atoms with Crippen LogP contribution < -0.4 is 20.1 Å². The second kappa shape index (κ2) is 8.77. The number of urea groups is 1. The molecule has 1 atom stereocenters. The van der Waals surface area contributed by atoms with Gasteiger partial charge in [-0.15, -0.1) is 0 Å². The summed E-state index contributed by atoms with van der Waals surface area (Å²) >= 11 is 0. The van der Waals surface area contributed by atoms with Crippen LogP contribution >= 0.6 is 0 Å². The highest BCUT2D eigenvalue weighted by Crippen LogP contribution is 2.35. The number of morpholine rings is 1. The highest BCUT2D eigenvalue weighted by Gasteiger charge is 2.26. The van der Waals surface area contributed by atoms with E-state index in [1.165, 1.54) is 0 Å². The number of carbonyl (C=O) groups excluding carboxylic acids is 1. The predicted molar refractivity (Wildman–Crippen MR) is 98.1 cm³/mol. The second-order valence-electron chi connectivity index (χ2n) is 7.02. The Morgan fingerprint density at radius 1 is 1.07 bits per heavy atom. The third-order valence-corrected chi connectivity index (χ3v) is 5.28. The van der Waals surface area contributed by atoms with Crippen molar-refractivity contribution in [2.24, 2.45) is 0 Å². The third kappa shape index (κ3) is 4.63. The zero-order valence-electron chi connectivity index (χ0n) is 15.4. The zero-order valence-corrected chi connectivity index (χ0v) is 15.4. The lowest BCUT2D eigenvalue weighted by atomic mass is 10.0. The molecule has 2 fully saturated rings. The molecule has 2 N–H and O–H groups in total. The van der Waals surface area contributed by atoms with Gasteiger partial charge in [-0.2, -0.15) is 0 Å². The monoisotopic (exact) mass is 377 g/mol. The van der Waals surface area contributed by atoms with E-state index in [-0.39, 0.29) is 24.9 Å². The van der Waals surface area contributed by atoms with Crippen LogP contribution in [-0.4, -0.2) is 69.8 Å². The van der Waals surface area contributed by atoms with Gasteiger partial charge in [0.05, 0.1) is 19.3 Å². The summed E-state index contributed by atoms with van der Waals surface area (Å²) in [5.41, 5.74) is 1.10. The minimum Gasteiger partial charge on any atom is -0.454 e. The van der Waals surface area contributed by atoms with Crippen molar-refractivity contribution in [1.29, 1.82) is 0 Å². The van der Waals surface area contributed by atoms with Gasteiger partial charge in [-0.1, -0.05) is 6.07 Å². The Bertz CT molecular complexity index is 644. The minimum atomic E-state index is -0.124. The molecular weight excluding hydrogens is 350 g/mol. The number of hydrogen-bond acceptors (Lipinski definition) is 6. The lowest BCUT2D eigenvalue weighted by Gasteiger charge is -2.35. The Balaban J connectivity index is 1.41. The molecule has 8 heteroatoms. The van der Waals surface area contributed by atoms with Crippen LogP contribution in [0.4, 0.5) is 4.79 Å². The molecule has 0 aromatic heterocycles. The van der Waals surface area contributed by atoms with Crippen molar-refractivity contribution in [3.63, 3.8) is 0 Å². The number of nitrogens with zero attached hydrogens (tertiary/aromatic N) is 1. The van der Waals surface area contributed by atoms with Gasteiger partial charge in [-0.05, 0) is 30.5 Å². The summed E-state index contributed by atoms with van der Waals surface area (Å²) in [4.78, 5) is 14.7. The van der Waals surface area contributed by atoms with E-state index in [0.29, 0.717) is 33.0 Å². The summed E-state index contributed by atoms with van der Waals surface area (Å²) in [6.45, 7) is 5.27. The first-order valence-electron chi connectivity index (χ1n) is 9.63. The number of rotatable bonds is 5. The molecule has 0 saturated carbocycles. The van der Waals surface area contributed by atoms with Gasteiger partial charge in [0, 0.05) is 38.9 Å². The van der Waals surface area contributed by atoms with Crippen molar-refractivity contribution in [2.45, 2.75) is 24.9 Å². The lowest BCUT2D eigenvalue weighted by Crippen LogP contribution is -2.48. The molecule has 3 heterocycles. The van der Waals surface area contributed by atoms with Crippen LogP contribution in [0.15, 0.2) is 18.2 Å². The van der Waals surface area contributed by atoms with Gasteiger partial charge >= 0.3 is 6.03 Å². The average molecular weight is 377 g/mol. The molecule has 0 radical (unpaired) electrons. The fourth-order valence-corrected chi connectivity index (χ4v) is 3.74. The van der Waals surface area contributed by atoms with Gasteiger partial charge in [0.2, 0.25) is 6.79 Å². The molecule has 1 unspecified atom stereocenters. The zero-order chi connectivity index (χ0) is 18.5. The van der Waals surface area contributed by atoms with Gasteiger partial charge in [-0.25, -0.2) is 4.79 Å². The van der Waals surface area contributed by atoms with E-state index >= 15 is 0 Å². The summed E-state index contributed by atoms with van der Waals surface area (Å²) in [5, 5.41) is 6.10. The molecule has 3 aliphatic heterocycles. The Kier molecular flexibility index (Phi) is 5.96. The van der Waals surface area contributed by atoms with E-state index < -0.39 is 0 Å². The molecule has 2 saturated heterocycles. The van der Waals surface area contributed by atoms with E-state index in [2.05, 4.69) is 15.5 Å². The van der Waals surface area contributed by atoms with Crippen LogP contribution in [0.25, 0.3) is 0 Å². The van der Waals surface area contributed by atoms with Crippen LogP contribution in [0.3, 0.4) is 0 Å². The summed E-state index contributed by atoms with van der Waals surface area (Å²) in [5.74, 6) is 1.53. The van der Waals surface area contributed by atoms with Crippen molar-refractivity contribution in [3.8, 4) is 11.5 Å². The van der Waals surface area contributed by atoms with Gasteiger partial charge in [-0.3, -0.25) is 4.90 Å². The van der Waals surface area contributed by atoms with Crippen molar-refractivity contribution in [3.05, 3.63) is 23.8 Å². The summed E-state index contributed by atoms with van der Waals surface area (Å²) < 4.78 is 21.8. The summed E-state index contributed by atoms with van der Waals surface area (Å²) in [6.07, 6.45) is 1.73. The number of amides is 2. The quantitative estimate of drug-likeness (QED) is 0.804. The normalized spacial score (nSPS) is 21.6. The first-order chi connectivity index (χ1) is 13.3. The molecule has 0 aliphatic carbocycles. The molecule has 4 rings (SSSR count). The number of ether oxygens (including phenoxy) is 4. The Morgan fingerprint density at radius 2 is 1.81 bits per heavy atom. The molecule has 1 aromatic carbocycles. The molecule has 8 nitrogen and oxygen atoms in total. The van der Waals surface area contributed by atoms with Crippen molar-refractivity contribution >= 4 is 6.03 Å². The van der Waals surface area contributed by atoms with Gasteiger partial charge in [0.25, 0.3) is 0 Å². The molecule has 2 amide bonds. The third-order valence-electron chi connectivity index (χ3n) is 5.28. The number of hydrogen-bond donors (Lipinski definition) is 2. The van der Waals surface area contributed by atoms with E-state index in [9.17, 15) is 4.79 Å². The fourth-order valence-electron chi connectivity index (χ4n) is 3.74. The van der Waals surface area contributed by atoms with Gasteiger partial charge in [0.1, 0.15) is 0 Å². The molecule has 148 valence electrons. The van der Waals surface area contributed by atoms with E-state index in [4.69, 9.17) is 18.9 Å². The maximum Gasteiger partial charge on any atom is 0.315 e. The van der Waals surface area contributed by atoms with Gasteiger partial charge < -0.3 is 29.6 Å². The van der Waals surface area contributed by atoms with Crippen molar-refractivity contribution < 1.29 is 23.7 Å². The molecule has 0 spiro atoms. The maximum absolute atomic E-state index is 12.4. The largest absolute Gasteiger partial charge is 0.454 e. The van der Waals surface area contributed by atoms with Crippen molar-refractivity contribution in [2.75, 3.05) is 52.9 Å². The van der Waals surface area contributed by atoms with Crippen LogP contribution in [0.5, 0.6) is 11.5 Å². The standard InChI is InChI=1S/C19H27N3O5/c23-19(21-15-3-7-24-8-4-15)20-12-16(22-5-9-25-10-6-22)14-1-2-17-18(11-14)27-13-26-17/h1-2,11,15-16H,3-10,12-13H2,(H2,20,21,23). The number of nitrogens with one attached hydrogen (secondary N) is 2. The van der Waals surface area contributed by atoms with Gasteiger partial charge in [0.15, 0.2) is 11.5 Å². The van der Waals surface area contributed by atoms with Crippen LogP contribution in [0.2, 0.25) is 0 Å². The predicted octanol–water partition coefficient (Wildman–Crippen LogP) is 1.27. The highest BCUT2D eigenvalue weighted by molar-refractivity contribution is 5.74. The average Bonchev–Trinajstić information content (AvgIpc) is 3.18. The number of benzene rings is 1. The Hall–Kier alpha value is -2.03. The topological polar surface area (TPSA) is 81.3 Å². The first kappa shape index (κ1) is 18.3. The Morgan fingerprint density at radius 3 is 2.63 bits per heavy atom. The fraction of sp³-hybridized carbons (Fsp3) is 0.632. The smallest absolute Gasteiger partial charge is 0.315 e. The van der Waals surface area contributed by atoms with Crippen molar-refractivity contribution in [1.82, 2.24) is 15.5 Å². The van der Waals surface area contributed by atoms with E-state index in [1.54, 1.807) is 0 Å². The summed E-state index contributed by atoms with van der Waals surface area (Å²) in [7, 11) is 0. The first-order valence-corrected chi connectivity index (χ1v) is 9.63. The minimum absolute atomic E-state index is 0.0591. The van der Waals surface area contributed by atoms with Crippen LogP contribution in [0, 0.1) is 0 Å². The molecule has 3 aliphatic rings. The van der Waals surface area contributed by atoms with Crippen LogP contribution in [-0.2, 0) is 9.47 Å². The molecule has 27 heavy (non-hydrogen) atoms. The maximum atomic E-state index is 12.4. The highest BCUT2D eigenvalue weighted by atomic mass is 16.7. The van der Waals surface area contributed by atoms with Crippen LogP contribution in [0.1, 0.15) is 24.4 Å². The summed E-state index contributed by atoms with van der Waals surface area (Å²) in [6, 6.07) is 6.12. The molecular formula is C19H27N3O5. The molecule has 0 bridgehead atoms. The molecule has 1 aromatic rings. The van der Waals surface area contributed by atoms with E-state index in [1.807, 2.05) is 18.2 Å². The Labute approximate surface area is 159 Å². The van der Waals surface area contributed by atoms with E-state index in [0.717, 1.165) is 43.0 Å². The lowest BCUT2D eigenvalue weighted by molar-refractivity contribution is 0.0166. The second-order valence-corrected chi connectivity index (χ2v) is 7.02.